The third kappa shape index (κ3) is 2.42. The zero-order valence-corrected chi connectivity index (χ0v) is 9.76. The second-order valence-electron chi connectivity index (χ2n) is 3.93. The number of benzene rings is 1. The van der Waals surface area contributed by atoms with Crippen LogP contribution in [0.5, 0.6) is 0 Å². The van der Waals surface area contributed by atoms with Crippen LogP contribution in [-0.4, -0.2) is 25.3 Å². The van der Waals surface area contributed by atoms with Gasteiger partial charge in [-0.15, -0.1) is 0 Å². The first-order valence-corrected chi connectivity index (χ1v) is 5.46. The Morgan fingerprint density at radius 1 is 1.35 bits per heavy atom. The Morgan fingerprint density at radius 2 is 2.18 bits per heavy atom. The van der Waals surface area contributed by atoms with E-state index in [0.29, 0.717) is 12.2 Å². The number of likely N-dealkylation sites (N-methyl/N-ethyl adjacent to an activating group) is 1. The predicted octanol–water partition coefficient (Wildman–Crippen LogP) is 1.96. The van der Waals surface area contributed by atoms with Crippen molar-refractivity contribution in [3.63, 3.8) is 0 Å². The van der Waals surface area contributed by atoms with Crippen molar-refractivity contribution in [2.24, 2.45) is 0 Å². The van der Waals surface area contributed by atoms with Gasteiger partial charge in [0.25, 0.3) is 0 Å². The lowest BCUT2D eigenvalue weighted by Crippen LogP contribution is -2.21. The summed E-state index contributed by atoms with van der Waals surface area (Å²) in [5.74, 6) is 0. The van der Waals surface area contributed by atoms with E-state index in [1.807, 2.05) is 36.2 Å². The number of nitrogens with zero attached hydrogens (tertiary/aromatic N) is 1. The fraction of sp³-hybridized carbons (Fsp3) is 0.231. The molecule has 1 heterocycles. The zero-order valence-electron chi connectivity index (χ0n) is 9.76. The Morgan fingerprint density at radius 3 is 2.82 bits per heavy atom. The maximum Gasteiger partial charge on any atom is 0.0981 e. The molecule has 2 aromatic rings. The van der Waals surface area contributed by atoms with Gasteiger partial charge >= 0.3 is 0 Å². The van der Waals surface area contributed by atoms with E-state index in [0.717, 1.165) is 16.8 Å². The summed E-state index contributed by atoms with van der Waals surface area (Å²) < 4.78 is 5.09. The van der Waals surface area contributed by atoms with Crippen molar-refractivity contribution < 1.29 is 9.52 Å². The number of furan rings is 1. The van der Waals surface area contributed by atoms with Gasteiger partial charge in [-0.05, 0) is 24.3 Å². The van der Waals surface area contributed by atoms with Gasteiger partial charge in [0.2, 0.25) is 0 Å². The van der Waals surface area contributed by atoms with Crippen molar-refractivity contribution in [3.05, 3.63) is 36.8 Å². The molecule has 0 saturated carbocycles. The number of aliphatic hydroxyl groups is 1. The lowest BCUT2D eigenvalue weighted by atomic mass is 10.1. The smallest absolute Gasteiger partial charge is 0.0981 e. The highest BCUT2D eigenvalue weighted by atomic mass is 16.3. The van der Waals surface area contributed by atoms with Crippen LogP contribution in [0, 0.1) is 0 Å². The first-order chi connectivity index (χ1) is 8.22. The second-order valence-corrected chi connectivity index (χ2v) is 3.93. The minimum absolute atomic E-state index is 0.117. The van der Waals surface area contributed by atoms with Crippen molar-refractivity contribution >= 4 is 11.4 Å². The quantitative estimate of drug-likeness (QED) is 0.791. The molecule has 0 aliphatic heterocycles. The molecule has 0 aliphatic rings. The summed E-state index contributed by atoms with van der Waals surface area (Å²) in [6, 6.07) is 7.61. The molecule has 4 nitrogen and oxygen atoms in total. The Balaban J connectivity index is 2.45. The summed E-state index contributed by atoms with van der Waals surface area (Å²) in [4.78, 5) is 1.99. The van der Waals surface area contributed by atoms with Gasteiger partial charge in [0.1, 0.15) is 0 Å². The molecular weight excluding hydrogens is 216 g/mol. The van der Waals surface area contributed by atoms with Crippen LogP contribution in [0.15, 0.2) is 41.2 Å². The molecular formula is C13H16N2O2. The van der Waals surface area contributed by atoms with Crippen LogP contribution in [0.25, 0.3) is 11.1 Å². The largest absolute Gasteiger partial charge is 0.472 e. The molecule has 0 unspecified atom stereocenters. The number of nitrogens with two attached hydrogens (primary N) is 1. The van der Waals surface area contributed by atoms with Gasteiger partial charge in [-0.2, -0.15) is 0 Å². The van der Waals surface area contributed by atoms with E-state index in [1.165, 1.54) is 0 Å². The SMILES string of the molecule is CN(CCO)c1ccc(N)cc1-c1ccoc1. The zero-order chi connectivity index (χ0) is 12.3. The maximum atomic E-state index is 8.99. The van der Waals surface area contributed by atoms with E-state index >= 15 is 0 Å². The van der Waals surface area contributed by atoms with E-state index < -0.39 is 0 Å². The van der Waals surface area contributed by atoms with Crippen LogP contribution < -0.4 is 10.6 Å². The number of nitrogen functional groups attached to an aromatic ring is 1. The van der Waals surface area contributed by atoms with Gasteiger partial charge in [0.15, 0.2) is 0 Å². The summed E-state index contributed by atoms with van der Waals surface area (Å²) in [5.41, 5.74) is 9.53. The van der Waals surface area contributed by atoms with E-state index in [1.54, 1.807) is 12.5 Å². The molecule has 90 valence electrons. The summed E-state index contributed by atoms with van der Waals surface area (Å²) >= 11 is 0. The second kappa shape index (κ2) is 4.93. The third-order valence-corrected chi connectivity index (χ3v) is 2.70. The van der Waals surface area contributed by atoms with Crippen molar-refractivity contribution in [1.29, 1.82) is 0 Å². The van der Waals surface area contributed by atoms with Crippen LogP contribution in [0.4, 0.5) is 11.4 Å². The summed E-state index contributed by atoms with van der Waals surface area (Å²) in [6.45, 7) is 0.695. The van der Waals surface area contributed by atoms with Crippen LogP contribution in [0.1, 0.15) is 0 Å². The normalized spacial score (nSPS) is 10.5. The van der Waals surface area contributed by atoms with Gasteiger partial charge in [0, 0.05) is 36.1 Å². The fourth-order valence-electron chi connectivity index (χ4n) is 1.81. The molecule has 2 rings (SSSR count). The molecule has 0 saturated heterocycles. The average molecular weight is 232 g/mol. The number of aliphatic hydroxyl groups excluding tert-OH is 1. The average Bonchev–Trinajstić information content (AvgIpc) is 2.82. The van der Waals surface area contributed by atoms with Gasteiger partial charge in [-0.25, -0.2) is 0 Å². The van der Waals surface area contributed by atoms with E-state index in [2.05, 4.69) is 0 Å². The van der Waals surface area contributed by atoms with Gasteiger partial charge < -0.3 is 20.2 Å². The van der Waals surface area contributed by atoms with Gasteiger partial charge in [-0.1, -0.05) is 0 Å². The van der Waals surface area contributed by atoms with Crippen molar-refractivity contribution in [3.8, 4) is 11.1 Å². The van der Waals surface area contributed by atoms with Crippen LogP contribution in [0.2, 0.25) is 0 Å². The highest BCUT2D eigenvalue weighted by molar-refractivity contribution is 5.80. The Labute approximate surface area is 100 Å². The predicted molar refractivity (Wildman–Crippen MR) is 68.9 cm³/mol. The molecule has 3 N–H and O–H groups in total. The Bertz CT molecular complexity index is 480. The van der Waals surface area contributed by atoms with Gasteiger partial charge in [-0.3, -0.25) is 0 Å². The molecule has 0 atom stereocenters. The Kier molecular flexibility index (Phi) is 3.35. The maximum absolute atomic E-state index is 8.99. The minimum atomic E-state index is 0.117. The number of anilines is 2. The molecule has 0 fully saturated rings. The third-order valence-electron chi connectivity index (χ3n) is 2.70. The lowest BCUT2D eigenvalue weighted by molar-refractivity contribution is 0.304. The monoisotopic (exact) mass is 232 g/mol. The topological polar surface area (TPSA) is 62.6 Å². The fourth-order valence-corrected chi connectivity index (χ4v) is 1.81. The highest BCUT2D eigenvalue weighted by Gasteiger charge is 2.10. The molecule has 0 amide bonds. The van der Waals surface area contributed by atoms with Gasteiger partial charge in [0.05, 0.1) is 19.1 Å². The van der Waals surface area contributed by atoms with Crippen LogP contribution in [-0.2, 0) is 0 Å². The first kappa shape index (κ1) is 11.5. The molecule has 17 heavy (non-hydrogen) atoms. The van der Waals surface area contributed by atoms with Crippen molar-refractivity contribution in [2.45, 2.75) is 0 Å². The number of hydrogen-bond donors (Lipinski definition) is 2. The molecule has 0 bridgehead atoms. The van der Waals surface area contributed by atoms with Crippen LogP contribution >= 0.6 is 0 Å². The van der Waals surface area contributed by atoms with E-state index in [4.69, 9.17) is 15.3 Å². The lowest BCUT2D eigenvalue weighted by Gasteiger charge is -2.21. The summed E-state index contributed by atoms with van der Waals surface area (Å²) in [5, 5.41) is 8.99. The molecule has 0 radical (unpaired) electrons. The summed E-state index contributed by atoms with van der Waals surface area (Å²) in [6.07, 6.45) is 3.32. The molecule has 0 aliphatic carbocycles. The highest BCUT2D eigenvalue weighted by Crippen LogP contribution is 2.32. The van der Waals surface area contributed by atoms with Crippen molar-refractivity contribution in [2.75, 3.05) is 30.8 Å². The van der Waals surface area contributed by atoms with Crippen molar-refractivity contribution in [1.82, 2.24) is 0 Å². The first-order valence-electron chi connectivity index (χ1n) is 5.46. The molecule has 1 aromatic carbocycles. The molecule has 0 spiro atoms. The summed E-state index contributed by atoms with van der Waals surface area (Å²) in [7, 11) is 1.94. The Hall–Kier alpha value is -1.94. The minimum Gasteiger partial charge on any atom is -0.472 e. The van der Waals surface area contributed by atoms with E-state index in [9.17, 15) is 0 Å². The van der Waals surface area contributed by atoms with Crippen LogP contribution in [0.3, 0.4) is 0 Å². The van der Waals surface area contributed by atoms with E-state index in [-0.39, 0.29) is 6.61 Å². The molecule has 4 heteroatoms. The number of rotatable bonds is 4. The standard InChI is InChI=1S/C13H16N2O2/c1-15(5-6-16)13-3-2-11(14)8-12(13)10-4-7-17-9-10/h2-4,7-9,16H,5-6,14H2,1H3. The number of hydrogen-bond acceptors (Lipinski definition) is 4. The molecule has 1 aromatic heterocycles.